The van der Waals surface area contributed by atoms with E-state index in [4.69, 9.17) is 11.6 Å². The predicted octanol–water partition coefficient (Wildman–Crippen LogP) is 2.56. The normalized spacial score (nSPS) is 15.8. The number of halogens is 2. The molecule has 0 fully saturated rings. The molecule has 0 saturated carbocycles. The third kappa shape index (κ3) is 2.63. The number of nitrogens with zero attached hydrogens (tertiary/aromatic N) is 2. The van der Waals surface area contributed by atoms with E-state index in [2.05, 4.69) is 20.6 Å². The maximum atomic E-state index is 13.7. The van der Waals surface area contributed by atoms with Gasteiger partial charge in [0.15, 0.2) is 11.6 Å². The van der Waals surface area contributed by atoms with Gasteiger partial charge in [0.25, 0.3) is 5.91 Å². The molecule has 0 aliphatic carbocycles. The SMILES string of the molecule is CC1(C)C(=O)NC(=O)c2cc(Nc3nc(Cl)ncc3F)ccc21. The van der Waals surface area contributed by atoms with Crippen LogP contribution >= 0.6 is 11.6 Å². The van der Waals surface area contributed by atoms with Gasteiger partial charge in [0.05, 0.1) is 11.6 Å². The van der Waals surface area contributed by atoms with E-state index in [-0.39, 0.29) is 17.0 Å². The maximum Gasteiger partial charge on any atom is 0.258 e. The first-order valence-corrected chi connectivity index (χ1v) is 7.12. The van der Waals surface area contributed by atoms with Gasteiger partial charge in [-0.2, -0.15) is 4.98 Å². The van der Waals surface area contributed by atoms with Crippen molar-refractivity contribution in [3.63, 3.8) is 0 Å². The first-order valence-electron chi connectivity index (χ1n) is 6.74. The molecule has 2 amide bonds. The molecule has 1 aliphatic heterocycles. The lowest BCUT2D eigenvalue weighted by atomic mass is 9.78. The number of anilines is 2. The molecule has 6 nitrogen and oxygen atoms in total. The number of hydrogen-bond donors (Lipinski definition) is 2. The molecule has 23 heavy (non-hydrogen) atoms. The molecular formula is C15H12ClFN4O2. The summed E-state index contributed by atoms with van der Waals surface area (Å²) in [6.45, 7) is 3.45. The van der Waals surface area contributed by atoms with Crippen molar-refractivity contribution in [2.45, 2.75) is 19.3 Å². The van der Waals surface area contributed by atoms with Gasteiger partial charge in [-0.15, -0.1) is 0 Å². The molecule has 118 valence electrons. The summed E-state index contributed by atoms with van der Waals surface area (Å²) in [5, 5.41) is 4.96. The number of hydrogen-bond acceptors (Lipinski definition) is 5. The van der Waals surface area contributed by atoms with Gasteiger partial charge in [-0.1, -0.05) is 6.07 Å². The summed E-state index contributed by atoms with van der Waals surface area (Å²) in [5.41, 5.74) is 0.571. The number of nitrogens with one attached hydrogen (secondary N) is 2. The van der Waals surface area contributed by atoms with Crippen molar-refractivity contribution in [1.29, 1.82) is 0 Å². The Morgan fingerprint density at radius 3 is 2.78 bits per heavy atom. The van der Waals surface area contributed by atoms with E-state index in [0.717, 1.165) is 6.20 Å². The summed E-state index contributed by atoms with van der Waals surface area (Å²) >= 11 is 5.64. The monoisotopic (exact) mass is 334 g/mol. The summed E-state index contributed by atoms with van der Waals surface area (Å²) in [6.07, 6.45) is 0.949. The predicted molar refractivity (Wildman–Crippen MR) is 82.2 cm³/mol. The van der Waals surface area contributed by atoms with Crippen molar-refractivity contribution < 1.29 is 14.0 Å². The summed E-state index contributed by atoms with van der Waals surface area (Å²) in [6, 6.07) is 4.84. The number of carbonyl (C=O) groups excluding carboxylic acids is 2. The lowest BCUT2D eigenvalue weighted by Gasteiger charge is -2.30. The third-order valence-corrected chi connectivity index (χ3v) is 3.89. The summed E-state index contributed by atoms with van der Waals surface area (Å²) < 4.78 is 13.7. The van der Waals surface area contributed by atoms with Crippen molar-refractivity contribution in [3.8, 4) is 0 Å². The highest BCUT2D eigenvalue weighted by Gasteiger charge is 2.39. The summed E-state index contributed by atoms with van der Waals surface area (Å²) in [5.74, 6) is -1.62. The molecule has 2 aromatic rings. The molecule has 0 spiro atoms. The number of aromatic nitrogens is 2. The number of amides is 2. The van der Waals surface area contributed by atoms with Gasteiger partial charge in [0, 0.05) is 11.3 Å². The first-order chi connectivity index (χ1) is 10.8. The number of fused-ring (bicyclic) bond motifs is 1. The van der Waals surface area contributed by atoms with Crippen LogP contribution in [0.2, 0.25) is 5.28 Å². The lowest BCUT2D eigenvalue weighted by molar-refractivity contribution is -0.125. The molecule has 8 heteroatoms. The second-order valence-electron chi connectivity index (χ2n) is 5.63. The van der Waals surface area contributed by atoms with Crippen LogP contribution in [0.25, 0.3) is 0 Å². The zero-order valence-corrected chi connectivity index (χ0v) is 13.0. The van der Waals surface area contributed by atoms with Crippen molar-refractivity contribution in [1.82, 2.24) is 15.3 Å². The van der Waals surface area contributed by atoms with Gasteiger partial charge in [0.2, 0.25) is 11.2 Å². The molecule has 0 radical (unpaired) electrons. The average molecular weight is 335 g/mol. The van der Waals surface area contributed by atoms with Gasteiger partial charge < -0.3 is 5.32 Å². The van der Waals surface area contributed by atoms with E-state index >= 15 is 0 Å². The van der Waals surface area contributed by atoms with Gasteiger partial charge in [-0.3, -0.25) is 14.9 Å². The number of carbonyl (C=O) groups is 2. The summed E-state index contributed by atoms with van der Waals surface area (Å²) in [4.78, 5) is 31.2. The van der Waals surface area contributed by atoms with Crippen LogP contribution in [0.4, 0.5) is 15.9 Å². The zero-order valence-electron chi connectivity index (χ0n) is 12.3. The number of rotatable bonds is 2. The van der Waals surface area contributed by atoms with Gasteiger partial charge >= 0.3 is 0 Å². The quantitative estimate of drug-likeness (QED) is 0.651. The summed E-state index contributed by atoms with van der Waals surface area (Å²) in [7, 11) is 0. The smallest absolute Gasteiger partial charge is 0.258 e. The molecular weight excluding hydrogens is 323 g/mol. The third-order valence-electron chi connectivity index (χ3n) is 3.71. The van der Waals surface area contributed by atoms with Crippen molar-refractivity contribution >= 4 is 34.9 Å². The lowest BCUT2D eigenvalue weighted by Crippen LogP contribution is -2.48. The van der Waals surface area contributed by atoms with E-state index in [1.807, 2.05) is 0 Å². The topological polar surface area (TPSA) is 84.0 Å². The zero-order chi connectivity index (χ0) is 16.8. The Kier molecular flexibility index (Phi) is 3.52. The molecule has 1 aromatic heterocycles. The largest absolute Gasteiger partial charge is 0.338 e. The molecule has 0 bridgehead atoms. The van der Waals surface area contributed by atoms with E-state index in [1.165, 1.54) is 6.07 Å². The molecule has 0 saturated heterocycles. The van der Waals surface area contributed by atoms with Crippen LogP contribution in [0.1, 0.15) is 29.8 Å². The Hall–Kier alpha value is -2.54. The number of imide groups is 1. The van der Waals surface area contributed by atoms with Crippen LogP contribution < -0.4 is 10.6 Å². The van der Waals surface area contributed by atoms with E-state index < -0.39 is 17.1 Å². The highest BCUT2D eigenvalue weighted by Crippen LogP contribution is 2.32. The molecule has 1 aliphatic rings. The van der Waals surface area contributed by atoms with E-state index in [0.29, 0.717) is 16.8 Å². The van der Waals surface area contributed by atoms with Crippen LogP contribution in [0.15, 0.2) is 24.4 Å². The fraction of sp³-hybridized carbons (Fsp3) is 0.200. The molecule has 0 unspecified atom stereocenters. The minimum atomic E-state index is -0.828. The average Bonchev–Trinajstić information content (AvgIpc) is 2.49. The second-order valence-corrected chi connectivity index (χ2v) is 5.97. The van der Waals surface area contributed by atoms with Crippen LogP contribution in [-0.2, 0) is 10.2 Å². The van der Waals surface area contributed by atoms with E-state index in [1.54, 1.807) is 26.0 Å². The molecule has 2 heterocycles. The molecule has 3 rings (SSSR count). The van der Waals surface area contributed by atoms with Gasteiger partial charge in [0.1, 0.15) is 0 Å². The fourth-order valence-corrected chi connectivity index (χ4v) is 2.51. The van der Waals surface area contributed by atoms with Crippen molar-refractivity contribution in [2.75, 3.05) is 5.32 Å². The van der Waals surface area contributed by atoms with Gasteiger partial charge in [-0.05, 0) is 43.1 Å². The fourth-order valence-electron chi connectivity index (χ4n) is 2.37. The molecule has 1 aromatic carbocycles. The van der Waals surface area contributed by atoms with Gasteiger partial charge in [-0.25, -0.2) is 9.37 Å². The highest BCUT2D eigenvalue weighted by atomic mass is 35.5. The van der Waals surface area contributed by atoms with Crippen LogP contribution in [0.3, 0.4) is 0 Å². The Morgan fingerprint density at radius 2 is 2.04 bits per heavy atom. The van der Waals surface area contributed by atoms with Crippen molar-refractivity contribution in [3.05, 3.63) is 46.6 Å². The molecule has 0 atom stereocenters. The standard InChI is InChI=1S/C15H12ClFN4O2/c1-15(2)9-4-3-7(5-8(9)12(22)21-13(15)23)19-11-10(17)6-18-14(16)20-11/h3-6H,1-2H3,(H,18,19,20)(H,21,22,23). The van der Waals surface area contributed by atoms with Crippen molar-refractivity contribution in [2.24, 2.45) is 0 Å². The Morgan fingerprint density at radius 1 is 1.30 bits per heavy atom. The van der Waals surface area contributed by atoms with Crippen LogP contribution in [0.5, 0.6) is 0 Å². The minimum Gasteiger partial charge on any atom is -0.338 e. The maximum absolute atomic E-state index is 13.7. The Bertz CT molecular complexity index is 838. The molecule has 2 N–H and O–H groups in total. The minimum absolute atomic E-state index is 0.100. The second kappa shape index (κ2) is 5.27. The Balaban J connectivity index is 2.01. The van der Waals surface area contributed by atoms with E-state index in [9.17, 15) is 14.0 Å². The highest BCUT2D eigenvalue weighted by molar-refractivity contribution is 6.28. The number of benzene rings is 1. The first kappa shape index (κ1) is 15.4. The van der Waals surface area contributed by atoms with Crippen LogP contribution in [0, 0.1) is 5.82 Å². The van der Waals surface area contributed by atoms with Crippen LogP contribution in [-0.4, -0.2) is 21.8 Å². The Labute approximate surface area is 136 Å².